The molecular weight excluding hydrogens is 274 g/mol. The lowest BCUT2D eigenvalue weighted by Crippen LogP contribution is -2.54. The first-order valence-corrected chi connectivity index (χ1v) is 7.65. The number of hydrogen-bond acceptors (Lipinski definition) is 4. The van der Waals surface area contributed by atoms with Gasteiger partial charge in [-0.2, -0.15) is 0 Å². The second kappa shape index (κ2) is 6.98. The van der Waals surface area contributed by atoms with Gasteiger partial charge in [0.1, 0.15) is 0 Å². The van der Waals surface area contributed by atoms with Gasteiger partial charge in [-0.3, -0.25) is 0 Å². The number of nitrogens with zero attached hydrogens (tertiary/aromatic N) is 1. The molecule has 3 atom stereocenters. The Balaban J connectivity index is 1.90. The van der Waals surface area contributed by atoms with Gasteiger partial charge < -0.3 is 25.8 Å². The summed E-state index contributed by atoms with van der Waals surface area (Å²) in [5.41, 5.74) is 5.36. The maximum atomic E-state index is 11.5. The van der Waals surface area contributed by atoms with Crippen LogP contribution in [-0.4, -0.2) is 54.0 Å². The third-order valence-corrected chi connectivity index (χ3v) is 4.19. The lowest BCUT2D eigenvalue weighted by molar-refractivity contribution is 0.0824. The minimum atomic E-state index is -0.490. The molecule has 0 aromatic carbocycles. The first-order valence-electron chi connectivity index (χ1n) is 7.65. The zero-order chi connectivity index (χ0) is 15.4. The number of amides is 3. The Morgan fingerprint density at radius 3 is 2.71 bits per heavy atom. The fraction of sp³-hybridized carbons (Fsp3) is 0.857. The van der Waals surface area contributed by atoms with E-state index in [2.05, 4.69) is 5.32 Å². The topological polar surface area (TPSA) is 105 Å². The Bertz CT molecular complexity index is 386. The van der Waals surface area contributed by atoms with Crippen LogP contribution in [-0.2, 0) is 4.74 Å². The van der Waals surface area contributed by atoms with Gasteiger partial charge in [0.2, 0.25) is 0 Å². The molecule has 0 bridgehead atoms. The van der Waals surface area contributed by atoms with Gasteiger partial charge >= 0.3 is 12.1 Å². The van der Waals surface area contributed by atoms with Crippen LogP contribution in [0.1, 0.15) is 32.6 Å². The normalized spacial score (nSPS) is 27.0. The van der Waals surface area contributed by atoms with E-state index in [0.29, 0.717) is 32.0 Å². The summed E-state index contributed by atoms with van der Waals surface area (Å²) in [5, 5.41) is 12.8. The van der Waals surface area contributed by atoms with Crippen LogP contribution in [0.2, 0.25) is 0 Å². The maximum Gasteiger partial charge on any atom is 0.407 e. The van der Waals surface area contributed by atoms with Crippen LogP contribution in [0.3, 0.4) is 0 Å². The predicted molar refractivity (Wildman–Crippen MR) is 76.6 cm³/mol. The number of aliphatic hydroxyl groups is 1. The molecule has 4 N–H and O–H groups in total. The van der Waals surface area contributed by atoms with E-state index in [4.69, 9.17) is 10.5 Å². The van der Waals surface area contributed by atoms with E-state index in [1.807, 2.05) is 0 Å². The molecule has 3 amide bonds. The van der Waals surface area contributed by atoms with Gasteiger partial charge in [0.25, 0.3) is 0 Å². The second-order valence-electron chi connectivity index (χ2n) is 6.05. The molecule has 0 aromatic heterocycles. The third-order valence-electron chi connectivity index (χ3n) is 4.19. The van der Waals surface area contributed by atoms with Crippen LogP contribution in [0, 0.1) is 11.8 Å². The lowest BCUT2D eigenvalue weighted by Gasteiger charge is -2.37. The van der Waals surface area contributed by atoms with Crippen molar-refractivity contribution in [2.75, 3.05) is 19.7 Å². The smallest absolute Gasteiger partial charge is 0.407 e. The number of hydrogen-bond donors (Lipinski definition) is 3. The Morgan fingerprint density at radius 2 is 2.14 bits per heavy atom. The number of carbonyl (C=O) groups excluding carboxylic acids is 2. The van der Waals surface area contributed by atoms with Crippen molar-refractivity contribution in [2.24, 2.45) is 17.6 Å². The van der Waals surface area contributed by atoms with Crippen molar-refractivity contribution >= 4 is 12.1 Å². The highest BCUT2D eigenvalue weighted by atomic mass is 16.5. The van der Waals surface area contributed by atoms with Crippen LogP contribution in [0.4, 0.5) is 9.59 Å². The zero-order valence-electron chi connectivity index (χ0n) is 12.5. The SMILES string of the molecule is CCOC(=O)NC1CC(CC(O)C2CC2)CN(C(N)=O)C1. The number of ether oxygens (including phenoxy) is 1. The molecular formula is C14H25N3O4. The van der Waals surface area contributed by atoms with E-state index in [9.17, 15) is 14.7 Å². The van der Waals surface area contributed by atoms with Crippen molar-refractivity contribution in [2.45, 2.75) is 44.8 Å². The maximum absolute atomic E-state index is 11.5. The van der Waals surface area contributed by atoms with Gasteiger partial charge in [-0.25, -0.2) is 9.59 Å². The van der Waals surface area contributed by atoms with Crippen molar-refractivity contribution in [1.29, 1.82) is 0 Å². The van der Waals surface area contributed by atoms with Crippen molar-refractivity contribution in [1.82, 2.24) is 10.2 Å². The van der Waals surface area contributed by atoms with Crippen LogP contribution in [0.5, 0.6) is 0 Å². The number of rotatable bonds is 5. The monoisotopic (exact) mass is 299 g/mol. The summed E-state index contributed by atoms with van der Waals surface area (Å²) in [6, 6.07) is -0.669. The second-order valence-corrected chi connectivity index (χ2v) is 6.05. The van der Waals surface area contributed by atoms with Crippen molar-refractivity contribution in [3.8, 4) is 0 Å². The zero-order valence-corrected chi connectivity index (χ0v) is 12.5. The van der Waals surface area contributed by atoms with Gasteiger partial charge in [0.15, 0.2) is 0 Å². The Hall–Kier alpha value is -1.50. The molecule has 1 aliphatic heterocycles. The molecule has 0 aromatic rings. The van der Waals surface area contributed by atoms with Crippen LogP contribution < -0.4 is 11.1 Å². The van der Waals surface area contributed by atoms with Crippen molar-refractivity contribution in [3.63, 3.8) is 0 Å². The number of nitrogens with one attached hydrogen (secondary N) is 1. The molecule has 0 spiro atoms. The number of piperidine rings is 1. The number of urea groups is 1. The van der Waals surface area contributed by atoms with Crippen LogP contribution in [0.15, 0.2) is 0 Å². The molecule has 1 saturated heterocycles. The first kappa shape index (κ1) is 15.9. The molecule has 7 nitrogen and oxygen atoms in total. The molecule has 3 unspecified atom stereocenters. The van der Waals surface area contributed by atoms with Crippen molar-refractivity contribution < 1.29 is 19.4 Å². The van der Waals surface area contributed by atoms with Gasteiger partial charge in [-0.1, -0.05) is 0 Å². The number of primary amides is 1. The number of alkyl carbamates (subject to hydrolysis) is 1. The third kappa shape index (κ3) is 4.77. The van der Waals surface area contributed by atoms with E-state index in [1.165, 1.54) is 4.90 Å². The van der Waals surface area contributed by atoms with Gasteiger partial charge in [0.05, 0.1) is 18.8 Å². The summed E-state index contributed by atoms with van der Waals surface area (Å²) in [6.45, 7) is 2.98. The molecule has 21 heavy (non-hydrogen) atoms. The largest absolute Gasteiger partial charge is 0.450 e. The fourth-order valence-corrected chi connectivity index (χ4v) is 3.01. The van der Waals surface area contributed by atoms with Gasteiger partial charge in [0, 0.05) is 13.1 Å². The highest BCUT2D eigenvalue weighted by Gasteiger charge is 2.35. The summed E-state index contributed by atoms with van der Waals surface area (Å²) in [4.78, 5) is 24.5. The molecule has 0 radical (unpaired) electrons. The standard InChI is InChI=1S/C14H25N3O4/c1-2-21-14(20)16-11-5-9(6-12(18)10-3-4-10)7-17(8-11)13(15)19/h9-12,18H,2-8H2,1H3,(H2,15,19)(H,16,20). The highest BCUT2D eigenvalue weighted by Crippen LogP contribution is 2.36. The summed E-state index contributed by atoms with van der Waals surface area (Å²) < 4.78 is 4.87. The Labute approximate surface area is 124 Å². The van der Waals surface area contributed by atoms with Crippen LogP contribution >= 0.6 is 0 Å². The van der Waals surface area contributed by atoms with Gasteiger partial charge in [-0.05, 0) is 44.4 Å². The number of likely N-dealkylation sites (tertiary alicyclic amines) is 1. The lowest BCUT2D eigenvalue weighted by atomic mass is 9.88. The highest BCUT2D eigenvalue weighted by molar-refractivity contribution is 5.72. The summed E-state index contributed by atoms with van der Waals surface area (Å²) in [5.74, 6) is 0.555. The molecule has 7 heteroatoms. The van der Waals surface area contributed by atoms with E-state index in [0.717, 1.165) is 19.3 Å². The molecule has 1 saturated carbocycles. The summed E-state index contributed by atoms with van der Waals surface area (Å²) >= 11 is 0. The molecule has 2 fully saturated rings. The average molecular weight is 299 g/mol. The minimum absolute atomic E-state index is 0.147. The molecule has 120 valence electrons. The summed E-state index contributed by atoms with van der Waals surface area (Å²) in [6.07, 6.45) is 2.75. The van der Waals surface area contributed by atoms with Crippen molar-refractivity contribution in [3.05, 3.63) is 0 Å². The molecule has 1 aliphatic carbocycles. The predicted octanol–water partition coefficient (Wildman–Crippen LogP) is 0.663. The molecule has 2 aliphatic rings. The number of nitrogens with two attached hydrogens (primary N) is 1. The quantitative estimate of drug-likeness (QED) is 0.693. The number of carbonyl (C=O) groups is 2. The molecule has 2 rings (SSSR count). The van der Waals surface area contributed by atoms with E-state index >= 15 is 0 Å². The van der Waals surface area contributed by atoms with E-state index in [1.54, 1.807) is 6.92 Å². The average Bonchev–Trinajstić information content (AvgIpc) is 3.22. The Morgan fingerprint density at radius 1 is 1.43 bits per heavy atom. The van der Waals surface area contributed by atoms with E-state index < -0.39 is 12.1 Å². The number of aliphatic hydroxyl groups excluding tert-OH is 1. The first-order chi connectivity index (χ1) is 9.99. The van der Waals surface area contributed by atoms with Crippen LogP contribution in [0.25, 0.3) is 0 Å². The van der Waals surface area contributed by atoms with Gasteiger partial charge in [-0.15, -0.1) is 0 Å². The minimum Gasteiger partial charge on any atom is -0.450 e. The molecule has 1 heterocycles. The summed E-state index contributed by atoms with van der Waals surface area (Å²) in [7, 11) is 0. The fourth-order valence-electron chi connectivity index (χ4n) is 3.01. The van der Waals surface area contributed by atoms with E-state index in [-0.39, 0.29) is 18.1 Å². The Kier molecular flexibility index (Phi) is 5.27.